The summed E-state index contributed by atoms with van der Waals surface area (Å²) in [6.07, 6.45) is 12.9. The Kier molecular flexibility index (Phi) is 11.1. The Morgan fingerprint density at radius 3 is 1.88 bits per heavy atom. The van der Waals surface area contributed by atoms with Crippen LogP contribution in [0.25, 0.3) is 0 Å². The highest BCUT2D eigenvalue weighted by molar-refractivity contribution is 4.65. The van der Waals surface area contributed by atoms with Gasteiger partial charge in [-0.2, -0.15) is 0 Å². The van der Waals surface area contributed by atoms with Crippen LogP contribution in [-0.4, -0.2) is 0 Å². The van der Waals surface area contributed by atoms with Crippen LogP contribution < -0.4 is 0 Å². The highest BCUT2D eigenvalue weighted by Crippen LogP contribution is 2.26. The summed E-state index contributed by atoms with van der Waals surface area (Å²) in [7, 11) is 0. The molecule has 0 bridgehead atoms. The minimum absolute atomic E-state index is 0.868. The summed E-state index contributed by atoms with van der Waals surface area (Å²) in [5, 5.41) is 0. The number of rotatable bonds is 11. The standard InChI is InChI=1S/C17H36/c1-6-8-9-10-11-12-13-16(5)14-17(7-2)15(3)4/h15-17H,6-14H2,1-5H3. The summed E-state index contributed by atoms with van der Waals surface area (Å²) < 4.78 is 0. The van der Waals surface area contributed by atoms with E-state index < -0.39 is 0 Å². The van der Waals surface area contributed by atoms with Gasteiger partial charge in [0.1, 0.15) is 0 Å². The zero-order chi connectivity index (χ0) is 13.1. The highest BCUT2D eigenvalue weighted by atomic mass is 14.2. The molecule has 0 aromatic heterocycles. The molecule has 0 saturated heterocycles. The molecule has 0 rings (SSSR count). The predicted octanol–water partition coefficient (Wildman–Crippen LogP) is 6.45. The SMILES string of the molecule is CCCCCCCCC(C)CC(CC)C(C)C. The second kappa shape index (κ2) is 11.1. The van der Waals surface area contributed by atoms with Gasteiger partial charge in [0.2, 0.25) is 0 Å². The first-order valence-electron chi connectivity index (χ1n) is 8.11. The Morgan fingerprint density at radius 1 is 0.765 bits per heavy atom. The Hall–Kier alpha value is 0. The van der Waals surface area contributed by atoms with Gasteiger partial charge in [-0.05, 0) is 24.2 Å². The minimum atomic E-state index is 0.868. The Balaban J connectivity index is 3.48. The van der Waals surface area contributed by atoms with Crippen LogP contribution in [0, 0.1) is 17.8 Å². The molecule has 17 heavy (non-hydrogen) atoms. The zero-order valence-electron chi connectivity index (χ0n) is 13.1. The lowest BCUT2D eigenvalue weighted by Gasteiger charge is -2.23. The lowest BCUT2D eigenvalue weighted by atomic mass is 9.83. The summed E-state index contributed by atoms with van der Waals surface area (Å²) in [4.78, 5) is 0. The van der Waals surface area contributed by atoms with Crippen molar-refractivity contribution in [2.75, 3.05) is 0 Å². The fourth-order valence-corrected chi connectivity index (χ4v) is 2.82. The molecule has 2 atom stereocenters. The Morgan fingerprint density at radius 2 is 1.35 bits per heavy atom. The van der Waals surface area contributed by atoms with E-state index in [9.17, 15) is 0 Å². The van der Waals surface area contributed by atoms with Crippen molar-refractivity contribution < 1.29 is 0 Å². The smallest absolute Gasteiger partial charge is 0.0391 e. The molecule has 0 heterocycles. The summed E-state index contributed by atoms with van der Waals surface area (Å²) in [5.74, 6) is 2.76. The van der Waals surface area contributed by atoms with Gasteiger partial charge in [0.05, 0.1) is 0 Å². The van der Waals surface area contributed by atoms with Crippen LogP contribution in [0.2, 0.25) is 0 Å². The van der Waals surface area contributed by atoms with Gasteiger partial charge in [-0.15, -0.1) is 0 Å². The number of unbranched alkanes of at least 4 members (excludes halogenated alkanes) is 5. The molecule has 0 heteroatoms. The first-order chi connectivity index (χ1) is 8.11. The van der Waals surface area contributed by atoms with Gasteiger partial charge in [0, 0.05) is 0 Å². The largest absolute Gasteiger partial charge is 0.0654 e. The third-order valence-electron chi connectivity index (χ3n) is 4.22. The lowest BCUT2D eigenvalue weighted by Crippen LogP contribution is -2.12. The predicted molar refractivity (Wildman–Crippen MR) is 80.4 cm³/mol. The third-order valence-corrected chi connectivity index (χ3v) is 4.22. The van der Waals surface area contributed by atoms with Gasteiger partial charge in [-0.3, -0.25) is 0 Å². The van der Waals surface area contributed by atoms with Crippen LogP contribution in [-0.2, 0) is 0 Å². The molecule has 104 valence electrons. The normalized spacial score (nSPS) is 15.2. The van der Waals surface area contributed by atoms with E-state index in [0.29, 0.717) is 0 Å². The van der Waals surface area contributed by atoms with Crippen LogP contribution in [0.4, 0.5) is 0 Å². The van der Waals surface area contributed by atoms with Crippen LogP contribution in [0.15, 0.2) is 0 Å². The average molecular weight is 240 g/mol. The highest BCUT2D eigenvalue weighted by Gasteiger charge is 2.14. The quantitative estimate of drug-likeness (QED) is 0.364. The van der Waals surface area contributed by atoms with Gasteiger partial charge in [-0.25, -0.2) is 0 Å². The fourth-order valence-electron chi connectivity index (χ4n) is 2.82. The molecule has 0 amide bonds. The minimum Gasteiger partial charge on any atom is -0.0654 e. The molecule has 0 aliphatic carbocycles. The van der Waals surface area contributed by atoms with Crippen molar-refractivity contribution in [1.29, 1.82) is 0 Å². The van der Waals surface area contributed by atoms with E-state index >= 15 is 0 Å². The summed E-state index contributed by atoms with van der Waals surface area (Å²) in [6, 6.07) is 0. The van der Waals surface area contributed by atoms with Crippen LogP contribution in [0.3, 0.4) is 0 Å². The third kappa shape index (κ3) is 9.68. The van der Waals surface area contributed by atoms with E-state index in [1.807, 2.05) is 0 Å². The van der Waals surface area contributed by atoms with E-state index in [1.165, 1.54) is 57.8 Å². The summed E-state index contributed by atoms with van der Waals surface area (Å²) in [6.45, 7) is 11.9. The molecule has 0 aliphatic rings. The molecular weight excluding hydrogens is 204 g/mol. The molecule has 0 aromatic carbocycles. The molecule has 0 N–H and O–H groups in total. The van der Waals surface area contributed by atoms with E-state index in [1.54, 1.807) is 0 Å². The molecule has 0 radical (unpaired) electrons. The molecule has 0 saturated carbocycles. The molecule has 0 aromatic rings. The summed E-state index contributed by atoms with van der Waals surface area (Å²) in [5.41, 5.74) is 0. The van der Waals surface area contributed by atoms with Crippen LogP contribution in [0.5, 0.6) is 0 Å². The molecule has 0 spiro atoms. The van der Waals surface area contributed by atoms with Crippen LogP contribution in [0.1, 0.15) is 92.4 Å². The van der Waals surface area contributed by atoms with Gasteiger partial charge in [0.15, 0.2) is 0 Å². The maximum absolute atomic E-state index is 2.46. The Labute approximate surface area is 111 Å². The zero-order valence-corrected chi connectivity index (χ0v) is 13.1. The van der Waals surface area contributed by atoms with Gasteiger partial charge >= 0.3 is 0 Å². The first kappa shape index (κ1) is 17.0. The maximum Gasteiger partial charge on any atom is -0.0391 e. The van der Waals surface area contributed by atoms with Crippen molar-refractivity contribution in [3.05, 3.63) is 0 Å². The van der Waals surface area contributed by atoms with E-state index in [0.717, 1.165) is 17.8 Å². The summed E-state index contributed by atoms with van der Waals surface area (Å²) >= 11 is 0. The molecule has 0 fully saturated rings. The maximum atomic E-state index is 2.46. The average Bonchev–Trinajstić information content (AvgIpc) is 2.30. The Bertz CT molecular complexity index is 148. The topological polar surface area (TPSA) is 0 Å². The van der Waals surface area contributed by atoms with Crippen molar-refractivity contribution >= 4 is 0 Å². The molecule has 2 unspecified atom stereocenters. The van der Waals surface area contributed by atoms with Crippen molar-refractivity contribution in [2.45, 2.75) is 92.4 Å². The second-order valence-corrected chi connectivity index (χ2v) is 6.31. The number of hydrogen-bond donors (Lipinski definition) is 0. The fraction of sp³-hybridized carbons (Fsp3) is 1.00. The van der Waals surface area contributed by atoms with Gasteiger partial charge in [0.25, 0.3) is 0 Å². The first-order valence-corrected chi connectivity index (χ1v) is 8.11. The van der Waals surface area contributed by atoms with Crippen LogP contribution >= 0.6 is 0 Å². The number of hydrogen-bond acceptors (Lipinski definition) is 0. The van der Waals surface area contributed by atoms with Crippen molar-refractivity contribution in [3.63, 3.8) is 0 Å². The van der Waals surface area contributed by atoms with E-state index in [-0.39, 0.29) is 0 Å². The van der Waals surface area contributed by atoms with E-state index in [2.05, 4.69) is 34.6 Å². The van der Waals surface area contributed by atoms with Crippen molar-refractivity contribution in [3.8, 4) is 0 Å². The second-order valence-electron chi connectivity index (χ2n) is 6.31. The van der Waals surface area contributed by atoms with Crippen molar-refractivity contribution in [2.24, 2.45) is 17.8 Å². The van der Waals surface area contributed by atoms with E-state index in [4.69, 9.17) is 0 Å². The molecule has 0 aliphatic heterocycles. The van der Waals surface area contributed by atoms with Crippen molar-refractivity contribution in [1.82, 2.24) is 0 Å². The monoisotopic (exact) mass is 240 g/mol. The van der Waals surface area contributed by atoms with Gasteiger partial charge in [-0.1, -0.05) is 86.0 Å². The molecular formula is C17H36. The lowest BCUT2D eigenvalue weighted by molar-refractivity contribution is 0.286. The molecule has 0 nitrogen and oxygen atoms in total. The van der Waals surface area contributed by atoms with Gasteiger partial charge < -0.3 is 0 Å².